The van der Waals surface area contributed by atoms with Gasteiger partial charge < -0.3 is 16.0 Å². The smallest absolute Gasteiger partial charge is 0.219 e. The summed E-state index contributed by atoms with van der Waals surface area (Å²) in [6.07, 6.45) is 0.302. The second kappa shape index (κ2) is 4.08. The van der Waals surface area contributed by atoms with Crippen LogP contribution in [-0.2, 0) is 4.79 Å². The van der Waals surface area contributed by atoms with Crippen LogP contribution in [0.1, 0.15) is 25.2 Å². The number of hydrogen-bond donors (Lipinski definition) is 2. The number of rotatable bonds is 3. The van der Waals surface area contributed by atoms with Gasteiger partial charge in [-0.3, -0.25) is 4.79 Å². The van der Waals surface area contributed by atoms with Gasteiger partial charge in [0.25, 0.3) is 0 Å². The van der Waals surface area contributed by atoms with Gasteiger partial charge in [-0.15, -0.1) is 0 Å². The summed E-state index contributed by atoms with van der Waals surface area (Å²) in [6, 6.07) is 5.58. The van der Waals surface area contributed by atoms with Crippen molar-refractivity contribution >= 4 is 22.6 Å². The molecule has 5 nitrogen and oxygen atoms in total. The van der Waals surface area contributed by atoms with Crippen LogP contribution in [0.2, 0.25) is 0 Å². The average Bonchev–Trinajstić information content (AvgIpc) is 2.51. The van der Waals surface area contributed by atoms with E-state index in [1.165, 1.54) is 0 Å². The highest BCUT2D eigenvalue weighted by Crippen LogP contribution is 2.24. The third-order valence-corrected chi connectivity index (χ3v) is 2.83. The number of nitrogens with zero attached hydrogens (tertiary/aromatic N) is 2. The highest BCUT2D eigenvalue weighted by Gasteiger charge is 2.14. The van der Waals surface area contributed by atoms with E-state index < -0.39 is 0 Å². The van der Waals surface area contributed by atoms with Crippen LogP contribution in [0.5, 0.6) is 0 Å². The zero-order valence-corrected chi connectivity index (χ0v) is 9.97. The van der Waals surface area contributed by atoms with Gasteiger partial charge >= 0.3 is 0 Å². The molecule has 1 heterocycles. The minimum atomic E-state index is -0.311. The van der Waals surface area contributed by atoms with Gasteiger partial charge in [0.05, 0.1) is 11.0 Å². The number of fused-ring (bicyclic) bond motifs is 1. The van der Waals surface area contributed by atoms with Crippen molar-refractivity contribution in [3.05, 3.63) is 24.0 Å². The summed E-state index contributed by atoms with van der Waals surface area (Å²) in [6.45, 7) is 3.86. The zero-order valence-electron chi connectivity index (χ0n) is 9.97. The first-order chi connectivity index (χ1) is 7.99. The first kappa shape index (κ1) is 11.4. The molecule has 90 valence electrons. The molecule has 0 saturated heterocycles. The lowest BCUT2D eigenvalue weighted by molar-refractivity contribution is -0.118. The fourth-order valence-electron chi connectivity index (χ4n) is 2.18. The molecule has 0 aliphatic carbocycles. The molecule has 0 saturated carbocycles. The van der Waals surface area contributed by atoms with Crippen molar-refractivity contribution in [2.75, 3.05) is 5.73 Å². The molecular formula is C12H16N4O. The minimum absolute atomic E-state index is 0.00104. The number of benzene rings is 1. The standard InChI is InChI=1S/C12H16N4O/c1-7(5-12(14)17)16-8(2)15-10-6-9(13)3-4-11(10)16/h3-4,6-7H,5,13H2,1-2H3,(H2,14,17). The van der Waals surface area contributed by atoms with E-state index >= 15 is 0 Å². The van der Waals surface area contributed by atoms with E-state index in [2.05, 4.69) is 4.98 Å². The summed E-state index contributed by atoms with van der Waals surface area (Å²) in [4.78, 5) is 15.4. The summed E-state index contributed by atoms with van der Waals surface area (Å²) in [5, 5.41) is 0. The van der Waals surface area contributed by atoms with Crippen molar-refractivity contribution in [2.45, 2.75) is 26.3 Å². The molecular weight excluding hydrogens is 216 g/mol. The SMILES string of the molecule is Cc1nc2cc(N)ccc2n1C(C)CC(N)=O. The molecule has 0 aliphatic heterocycles. The molecule has 0 bridgehead atoms. The molecule has 5 heteroatoms. The van der Waals surface area contributed by atoms with E-state index in [1.54, 1.807) is 0 Å². The number of nitrogen functional groups attached to an aromatic ring is 1. The molecule has 4 N–H and O–H groups in total. The van der Waals surface area contributed by atoms with Crippen LogP contribution in [-0.4, -0.2) is 15.5 Å². The third-order valence-electron chi connectivity index (χ3n) is 2.83. The number of hydrogen-bond acceptors (Lipinski definition) is 3. The molecule has 1 aromatic carbocycles. The average molecular weight is 232 g/mol. The van der Waals surface area contributed by atoms with Crippen LogP contribution < -0.4 is 11.5 Å². The molecule has 1 aromatic heterocycles. The molecule has 1 unspecified atom stereocenters. The van der Waals surface area contributed by atoms with Gasteiger partial charge in [0.2, 0.25) is 5.91 Å². The molecule has 2 aromatic rings. The van der Waals surface area contributed by atoms with E-state index in [9.17, 15) is 4.79 Å². The van der Waals surface area contributed by atoms with Crippen LogP contribution in [0.25, 0.3) is 11.0 Å². The molecule has 2 rings (SSSR count). The van der Waals surface area contributed by atoms with Crippen LogP contribution in [0, 0.1) is 6.92 Å². The molecule has 0 radical (unpaired) electrons. The Morgan fingerprint density at radius 1 is 1.53 bits per heavy atom. The van der Waals surface area contributed by atoms with Crippen LogP contribution >= 0.6 is 0 Å². The number of aryl methyl sites for hydroxylation is 1. The van der Waals surface area contributed by atoms with Gasteiger partial charge in [-0.2, -0.15) is 0 Å². The Hall–Kier alpha value is -2.04. The molecule has 0 spiro atoms. The third kappa shape index (κ3) is 2.08. The number of nitrogens with two attached hydrogens (primary N) is 2. The number of anilines is 1. The number of aromatic nitrogens is 2. The van der Waals surface area contributed by atoms with E-state index in [1.807, 2.05) is 36.6 Å². The van der Waals surface area contributed by atoms with Gasteiger partial charge in [0.15, 0.2) is 0 Å². The fourth-order valence-corrected chi connectivity index (χ4v) is 2.18. The Morgan fingerprint density at radius 2 is 2.24 bits per heavy atom. The second-order valence-corrected chi connectivity index (χ2v) is 4.30. The molecule has 1 atom stereocenters. The van der Waals surface area contributed by atoms with Crippen molar-refractivity contribution in [3.8, 4) is 0 Å². The summed E-state index contributed by atoms with van der Waals surface area (Å²) in [7, 11) is 0. The Bertz CT molecular complexity index is 573. The second-order valence-electron chi connectivity index (χ2n) is 4.30. The first-order valence-electron chi connectivity index (χ1n) is 5.51. The van der Waals surface area contributed by atoms with E-state index in [0.717, 1.165) is 16.9 Å². The van der Waals surface area contributed by atoms with Crippen molar-refractivity contribution in [3.63, 3.8) is 0 Å². The lowest BCUT2D eigenvalue weighted by Gasteiger charge is -2.14. The molecule has 1 amide bonds. The predicted octanol–water partition coefficient (Wildman–Crippen LogP) is 1.36. The Balaban J connectivity index is 2.53. The highest BCUT2D eigenvalue weighted by molar-refractivity contribution is 5.80. The summed E-state index contributed by atoms with van der Waals surface area (Å²) in [5.74, 6) is 0.550. The highest BCUT2D eigenvalue weighted by atomic mass is 16.1. The fraction of sp³-hybridized carbons (Fsp3) is 0.333. The maximum absolute atomic E-state index is 11.0. The Labute approximate surface area is 99.4 Å². The van der Waals surface area contributed by atoms with Crippen molar-refractivity contribution in [1.29, 1.82) is 0 Å². The number of amides is 1. The van der Waals surface area contributed by atoms with E-state index in [4.69, 9.17) is 11.5 Å². The normalized spacial score (nSPS) is 12.8. The zero-order chi connectivity index (χ0) is 12.6. The van der Waals surface area contributed by atoms with Crippen molar-refractivity contribution in [1.82, 2.24) is 9.55 Å². The number of carbonyl (C=O) groups excluding carboxylic acids is 1. The monoisotopic (exact) mass is 232 g/mol. The van der Waals surface area contributed by atoms with Crippen LogP contribution in [0.3, 0.4) is 0 Å². The first-order valence-corrected chi connectivity index (χ1v) is 5.51. The Morgan fingerprint density at radius 3 is 2.88 bits per heavy atom. The lowest BCUT2D eigenvalue weighted by atomic mass is 10.2. The van der Waals surface area contributed by atoms with Gasteiger partial charge in [-0.25, -0.2) is 4.98 Å². The number of carbonyl (C=O) groups is 1. The van der Waals surface area contributed by atoms with Gasteiger partial charge in [-0.05, 0) is 32.0 Å². The summed E-state index contributed by atoms with van der Waals surface area (Å²) in [5.41, 5.74) is 13.5. The maximum atomic E-state index is 11.0. The quantitative estimate of drug-likeness (QED) is 0.783. The van der Waals surface area contributed by atoms with E-state index in [-0.39, 0.29) is 11.9 Å². The van der Waals surface area contributed by atoms with Gasteiger partial charge in [0, 0.05) is 18.2 Å². The number of primary amides is 1. The van der Waals surface area contributed by atoms with Crippen molar-refractivity contribution in [2.24, 2.45) is 5.73 Å². The number of imidazole rings is 1. The van der Waals surface area contributed by atoms with Gasteiger partial charge in [0.1, 0.15) is 5.82 Å². The van der Waals surface area contributed by atoms with Crippen molar-refractivity contribution < 1.29 is 4.79 Å². The van der Waals surface area contributed by atoms with Gasteiger partial charge in [-0.1, -0.05) is 0 Å². The lowest BCUT2D eigenvalue weighted by Crippen LogP contribution is -2.18. The molecule has 0 aliphatic rings. The largest absolute Gasteiger partial charge is 0.399 e. The minimum Gasteiger partial charge on any atom is -0.399 e. The topological polar surface area (TPSA) is 86.9 Å². The molecule has 0 fully saturated rings. The summed E-state index contributed by atoms with van der Waals surface area (Å²) < 4.78 is 2.01. The molecule has 17 heavy (non-hydrogen) atoms. The summed E-state index contributed by atoms with van der Waals surface area (Å²) >= 11 is 0. The maximum Gasteiger partial charge on any atom is 0.219 e. The van der Waals surface area contributed by atoms with E-state index in [0.29, 0.717) is 12.1 Å². The van der Waals surface area contributed by atoms with Crippen LogP contribution in [0.4, 0.5) is 5.69 Å². The predicted molar refractivity (Wildman–Crippen MR) is 67.4 cm³/mol. The van der Waals surface area contributed by atoms with Crippen LogP contribution in [0.15, 0.2) is 18.2 Å². The Kier molecular flexibility index (Phi) is 2.75.